The third-order valence-electron chi connectivity index (χ3n) is 3.33. The van der Waals surface area contributed by atoms with E-state index in [1.54, 1.807) is 0 Å². The first kappa shape index (κ1) is 14.3. The van der Waals surface area contributed by atoms with Gasteiger partial charge in [0.15, 0.2) is 11.5 Å². The number of ether oxygens (including phenoxy) is 1. The minimum absolute atomic E-state index is 0.150. The van der Waals surface area contributed by atoms with Crippen molar-refractivity contribution in [3.05, 3.63) is 47.2 Å². The molecule has 0 aliphatic carbocycles. The Morgan fingerprint density at radius 1 is 1.35 bits per heavy atom. The lowest BCUT2D eigenvalue weighted by molar-refractivity contribution is -0.130. The van der Waals surface area contributed by atoms with Crippen molar-refractivity contribution >= 4 is 11.7 Å². The summed E-state index contributed by atoms with van der Waals surface area (Å²) in [5.41, 5.74) is 0.948. The Kier molecular flexibility index (Phi) is 4.20. The van der Waals surface area contributed by atoms with Crippen molar-refractivity contribution in [2.24, 2.45) is 0 Å². The lowest BCUT2D eigenvalue weighted by atomic mass is 9.97. The number of hydrogen-bond donors (Lipinski definition) is 1. The highest BCUT2D eigenvalue weighted by Gasteiger charge is 2.41. The number of aliphatic hydroxyl groups excluding tert-OH is 1. The molecule has 0 unspecified atom stereocenters. The van der Waals surface area contributed by atoms with E-state index >= 15 is 0 Å². The second kappa shape index (κ2) is 5.88. The minimum atomic E-state index is -0.545. The molecule has 0 radical (unpaired) electrons. The molecular weight excluding hydrogens is 258 g/mol. The molecule has 1 aliphatic rings. The zero-order chi connectivity index (χ0) is 14.7. The predicted molar refractivity (Wildman–Crippen MR) is 73.1 cm³/mol. The van der Waals surface area contributed by atoms with Gasteiger partial charge in [-0.25, -0.2) is 0 Å². The van der Waals surface area contributed by atoms with Crippen molar-refractivity contribution in [1.82, 2.24) is 4.90 Å². The van der Waals surface area contributed by atoms with E-state index in [2.05, 4.69) is 0 Å². The molecule has 106 valence electrons. The van der Waals surface area contributed by atoms with E-state index in [0.717, 1.165) is 5.56 Å². The van der Waals surface area contributed by atoms with Crippen molar-refractivity contribution < 1.29 is 19.4 Å². The molecular formula is C15H17NO4. The van der Waals surface area contributed by atoms with Crippen LogP contribution < -0.4 is 0 Å². The van der Waals surface area contributed by atoms with Gasteiger partial charge in [-0.15, -0.1) is 0 Å². The highest BCUT2D eigenvalue weighted by Crippen LogP contribution is 2.37. The van der Waals surface area contributed by atoms with Gasteiger partial charge in [-0.1, -0.05) is 30.3 Å². The Balaban J connectivity index is 2.45. The average Bonchev–Trinajstić information content (AvgIpc) is 2.70. The molecule has 1 aromatic carbocycles. The maximum absolute atomic E-state index is 12.1. The zero-order valence-electron chi connectivity index (χ0n) is 11.5. The Hall–Kier alpha value is -2.14. The minimum Gasteiger partial charge on any atom is -0.503 e. The number of Topliss-reactive ketones (excluding diaryl/α,β-unsaturated/α-hetero) is 1. The molecule has 0 aromatic heterocycles. The highest BCUT2D eigenvalue weighted by molar-refractivity contribution is 6.08. The molecule has 20 heavy (non-hydrogen) atoms. The summed E-state index contributed by atoms with van der Waals surface area (Å²) in [7, 11) is 1.54. The molecule has 0 saturated carbocycles. The van der Waals surface area contributed by atoms with E-state index in [-0.39, 0.29) is 11.4 Å². The maximum Gasteiger partial charge on any atom is 0.290 e. The number of rotatable bonds is 5. The Labute approximate surface area is 117 Å². The van der Waals surface area contributed by atoms with Gasteiger partial charge in [0, 0.05) is 13.7 Å². The first-order valence-electron chi connectivity index (χ1n) is 6.36. The van der Waals surface area contributed by atoms with Gasteiger partial charge in [-0.3, -0.25) is 9.59 Å². The Bertz CT molecular complexity index is 550. The number of nitrogens with zero attached hydrogens (tertiary/aromatic N) is 1. The van der Waals surface area contributed by atoms with Gasteiger partial charge in [0.1, 0.15) is 0 Å². The molecule has 1 atom stereocenters. The fraction of sp³-hybridized carbons (Fsp3) is 0.333. The number of amides is 1. The number of carbonyl (C=O) groups excluding carboxylic acids is 2. The summed E-state index contributed by atoms with van der Waals surface area (Å²) < 4.78 is 4.99. The van der Waals surface area contributed by atoms with E-state index in [1.807, 2.05) is 30.3 Å². The zero-order valence-corrected chi connectivity index (χ0v) is 11.5. The van der Waals surface area contributed by atoms with Crippen LogP contribution in [0.3, 0.4) is 0 Å². The van der Waals surface area contributed by atoms with Gasteiger partial charge in [0.25, 0.3) is 5.91 Å². The number of methoxy groups -OCH3 is 1. The van der Waals surface area contributed by atoms with E-state index in [0.29, 0.717) is 13.2 Å². The number of carbonyl (C=O) groups is 2. The fourth-order valence-corrected chi connectivity index (χ4v) is 2.42. The smallest absolute Gasteiger partial charge is 0.290 e. The van der Waals surface area contributed by atoms with Crippen LogP contribution in [0.1, 0.15) is 18.5 Å². The van der Waals surface area contributed by atoms with Gasteiger partial charge in [-0.05, 0) is 12.5 Å². The SMILES string of the molecule is COCCN1C(=O)C(O)=C(C(C)=O)[C@H]1c1ccccc1. The molecule has 2 rings (SSSR count). The molecule has 1 amide bonds. The van der Waals surface area contributed by atoms with E-state index in [1.165, 1.54) is 18.9 Å². The number of hydrogen-bond acceptors (Lipinski definition) is 4. The summed E-state index contributed by atoms with van der Waals surface area (Å²) in [6, 6.07) is 8.65. The lowest BCUT2D eigenvalue weighted by Gasteiger charge is -2.26. The molecule has 1 N–H and O–H groups in total. The largest absolute Gasteiger partial charge is 0.503 e. The summed E-state index contributed by atoms with van der Waals surface area (Å²) in [5, 5.41) is 9.96. The molecule has 0 fully saturated rings. The fourth-order valence-electron chi connectivity index (χ4n) is 2.42. The molecule has 0 bridgehead atoms. The van der Waals surface area contributed by atoms with Gasteiger partial charge in [0.2, 0.25) is 0 Å². The van der Waals surface area contributed by atoms with Crippen LogP contribution in [-0.2, 0) is 14.3 Å². The molecule has 1 aromatic rings. The van der Waals surface area contributed by atoms with Crippen LogP contribution in [0.5, 0.6) is 0 Å². The van der Waals surface area contributed by atoms with Gasteiger partial charge in [-0.2, -0.15) is 0 Å². The number of aliphatic hydroxyl groups is 1. The Morgan fingerprint density at radius 3 is 2.55 bits per heavy atom. The molecule has 5 heteroatoms. The van der Waals surface area contributed by atoms with E-state index < -0.39 is 17.7 Å². The van der Waals surface area contributed by atoms with E-state index in [4.69, 9.17) is 4.74 Å². The molecule has 1 heterocycles. The van der Waals surface area contributed by atoms with Crippen molar-refractivity contribution in [3.8, 4) is 0 Å². The summed E-state index contributed by atoms with van der Waals surface area (Å²) in [6.45, 7) is 2.01. The summed E-state index contributed by atoms with van der Waals surface area (Å²) in [4.78, 5) is 25.4. The standard InChI is InChI=1S/C15H17NO4/c1-10(17)12-13(11-6-4-3-5-7-11)16(8-9-20-2)15(19)14(12)18/h3-7,13,18H,8-9H2,1-2H3/t13-/m1/s1. The van der Waals surface area contributed by atoms with Gasteiger partial charge >= 0.3 is 0 Å². The topological polar surface area (TPSA) is 66.8 Å². The molecule has 1 aliphatic heterocycles. The molecule has 5 nitrogen and oxygen atoms in total. The summed E-state index contributed by atoms with van der Waals surface area (Å²) in [5.74, 6) is -1.28. The van der Waals surface area contributed by atoms with Crippen molar-refractivity contribution in [1.29, 1.82) is 0 Å². The van der Waals surface area contributed by atoms with Crippen molar-refractivity contribution in [2.45, 2.75) is 13.0 Å². The first-order valence-corrected chi connectivity index (χ1v) is 6.36. The highest BCUT2D eigenvalue weighted by atomic mass is 16.5. The normalized spacial score (nSPS) is 18.8. The third kappa shape index (κ3) is 2.44. The third-order valence-corrected chi connectivity index (χ3v) is 3.33. The van der Waals surface area contributed by atoms with Crippen LogP contribution in [0, 0.1) is 0 Å². The number of benzene rings is 1. The van der Waals surface area contributed by atoms with Crippen LogP contribution >= 0.6 is 0 Å². The van der Waals surface area contributed by atoms with Crippen molar-refractivity contribution in [2.75, 3.05) is 20.3 Å². The quantitative estimate of drug-likeness (QED) is 0.886. The maximum atomic E-state index is 12.1. The van der Waals surface area contributed by atoms with Crippen molar-refractivity contribution in [3.63, 3.8) is 0 Å². The van der Waals surface area contributed by atoms with Crippen LogP contribution in [0.15, 0.2) is 41.7 Å². The first-order chi connectivity index (χ1) is 9.57. The number of ketones is 1. The van der Waals surface area contributed by atoms with Gasteiger partial charge in [0.05, 0.1) is 18.2 Å². The van der Waals surface area contributed by atoms with Crippen LogP contribution in [0.4, 0.5) is 0 Å². The lowest BCUT2D eigenvalue weighted by Crippen LogP contribution is -2.33. The summed E-state index contributed by atoms with van der Waals surface area (Å²) in [6.07, 6.45) is 0. The van der Waals surface area contributed by atoms with Gasteiger partial charge < -0.3 is 14.7 Å². The van der Waals surface area contributed by atoms with Crippen LogP contribution in [0.2, 0.25) is 0 Å². The van der Waals surface area contributed by atoms with Crippen LogP contribution in [0.25, 0.3) is 0 Å². The van der Waals surface area contributed by atoms with Crippen LogP contribution in [-0.4, -0.2) is 42.0 Å². The second-order valence-corrected chi connectivity index (χ2v) is 4.62. The van der Waals surface area contributed by atoms with E-state index in [9.17, 15) is 14.7 Å². The second-order valence-electron chi connectivity index (χ2n) is 4.62. The Morgan fingerprint density at radius 2 is 2.00 bits per heavy atom. The monoisotopic (exact) mass is 275 g/mol. The average molecular weight is 275 g/mol. The molecule has 0 saturated heterocycles. The molecule has 0 spiro atoms. The summed E-state index contributed by atoms with van der Waals surface area (Å²) >= 11 is 0. The predicted octanol–water partition coefficient (Wildman–Crippen LogP) is 1.62.